The van der Waals surface area contributed by atoms with Crippen LogP contribution in [0.2, 0.25) is 0 Å². The summed E-state index contributed by atoms with van der Waals surface area (Å²) in [5.41, 5.74) is 2.61. The number of aromatic nitrogens is 2. The van der Waals surface area contributed by atoms with Crippen LogP contribution in [0.3, 0.4) is 0 Å². The SMILES string of the molecule is O=Cc1c(-c2cccnc2)[nH]c2ccc(S(=O)(=O)N3CCCCC3)cc12. The maximum Gasteiger partial charge on any atom is 0.243 e. The number of fused-ring (bicyclic) bond motifs is 1. The van der Waals surface area contributed by atoms with E-state index in [1.165, 1.54) is 4.31 Å². The van der Waals surface area contributed by atoms with Crippen LogP contribution in [0.15, 0.2) is 47.6 Å². The van der Waals surface area contributed by atoms with Gasteiger partial charge in [-0.15, -0.1) is 0 Å². The highest BCUT2D eigenvalue weighted by atomic mass is 32.2. The number of rotatable bonds is 4. The fourth-order valence-corrected chi connectivity index (χ4v) is 5.01. The molecule has 4 rings (SSSR count). The van der Waals surface area contributed by atoms with Gasteiger partial charge in [0.1, 0.15) is 0 Å². The minimum Gasteiger partial charge on any atom is -0.354 e. The van der Waals surface area contributed by atoms with Crippen molar-refractivity contribution >= 4 is 27.2 Å². The summed E-state index contributed by atoms with van der Waals surface area (Å²) in [5, 5.41) is 0.608. The predicted molar refractivity (Wildman–Crippen MR) is 99.5 cm³/mol. The number of hydrogen-bond donors (Lipinski definition) is 1. The monoisotopic (exact) mass is 369 g/mol. The highest BCUT2D eigenvalue weighted by Gasteiger charge is 2.26. The number of nitrogens with one attached hydrogen (secondary N) is 1. The Morgan fingerprint density at radius 2 is 1.92 bits per heavy atom. The summed E-state index contributed by atoms with van der Waals surface area (Å²) in [6.45, 7) is 1.10. The molecule has 0 amide bonds. The fourth-order valence-electron chi connectivity index (χ4n) is 3.47. The number of aldehydes is 1. The number of benzene rings is 1. The van der Waals surface area contributed by atoms with Gasteiger partial charge in [0.25, 0.3) is 0 Å². The Hall–Kier alpha value is -2.51. The Balaban J connectivity index is 1.84. The maximum atomic E-state index is 12.9. The standard InChI is InChI=1S/C19H19N3O3S/c23-13-17-16-11-15(26(24,25)22-9-2-1-3-10-22)6-7-18(16)21-19(17)14-5-4-8-20-12-14/h4-8,11-13,21H,1-3,9-10H2. The van der Waals surface area contributed by atoms with Crippen LogP contribution < -0.4 is 0 Å². The lowest BCUT2D eigenvalue weighted by atomic mass is 10.1. The average Bonchev–Trinajstić information content (AvgIpc) is 3.07. The maximum absolute atomic E-state index is 12.9. The van der Waals surface area contributed by atoms with Crippen LogP contribution in [0.1, 0.15) is 29.6 Å². The van der Waals surface area contributed by atoms with E-state index in [-0.39, 0.29) is 4.90 Å². The van der Waals surface area contributed by atoms with Crippen molar-refractivity contribution in [1.82, 2.24) is 14.3 Å². The Bertz CT molecular complexity index is 1050. The largest absolute Gasteiger partial charge is 0.354 e. The van der Waals surface area contributed by atoms with Gasteiger partial charge in [-0.2, -0.15) is 4.31 Å². The van der Waals surface area contributed by atoms with Gasteiger partial charge < -0.3 is 4.98 Å². The second-order valence-electron chi connectivity index (χ2n) is 6.45. The molecule has 0 aliphatic carbocycles. The molecule has 0 unspecified atom stereocenters. The van der Waals surface area contributed by atoms with Gasteiger partial charge in [0.05, 0.1) is 10.6 Å². The van der Waals surface area contributed by atoms with E-state index in [2.05, 4.69) is 9.97 Å². The molecule has 0 bridgehead atoms. The molecule has 0 spiro atoms. The van der Waals surface area contributed by atoms with Crippen molar-refractivity contribution in [3.63, 3.8) is 0 Å². The van der Waals surface area contributed by atoms with Crippen LogP contribution in [0.25, 0.3) is 22.2 Å². The van der Waals surface area contributed by atoms with Crippen molar-refractivity contribution in [3.8, 4) is 11.3 Å². The third-order valence-electron chi connectivity index (χ3n) is 4.83. The summed E-state index contributed by atoms with van der Waals surface area (Å²) < 4.78 is 27.4. The van der Waals surface area contributed by atoms with E-state index in [4.69, 9.17) is 0 Å². The molecule has 1 aliphatic heterocycles. The normalized spacial score (nSPS) is 16.0. The van der Waals surface area contributed by atoms with Gasteiger partial charge in [-0.05, 0) is 43.2 Å². The minimum atomic E-state index is -3.54. The third-order valence-corrected chi connectivity index (χ3v) is 6.73. The van der Waals surface area contributed by atoms with Crippen LogP contribution >= 0.6 is 0 Å². The summed E-state index contributed by atoms with van der Waals surface area (Å²) in [4.78, 5) is 19.3. The van der Waals surface area contributed by atoms with Gasteiger partial charge in [0.15, 0.2) is 6.29 Å². The van der Waals surface area contributed by atoms with E-state index in [9.17, 15) is 13.2 Å². The van der Waals surface area contributed by atoms with Crippen LogP contribution in [0.5, 0.6) is 0 Å². The lowest BCUT2D eigenvalue weighted by Gasteiger charge is -2.25. The van der Waals surface area contributed by atoms with Crippen LogP contribution in [0, 0.1) is 0 Å². The second kappa shape index (κ2) is 6.66. The van der Waals surface area contributed by atoms with Crippen LogP contribution in [-0.2, 0) is 10.0 Å². The molecule has 134 valence electrons. The number of H-pyrrole nitrogens is 1. The van der Waals surface area contributed by atoms with E-state index in [0.29, 0.717) is 29.7 Å². The van der Waals surface area contributed by atoms with Gasteiger partial charge in [0, 0.05) is 47.5 Å². The quantitative estimate of drug-likeness (QED) is 0.716. The van der Waals surface area contributed by atoms with Crippen molar-refractivity contribution in [2.75, 3.05) is 13.1 Å². The Labute approximate surface area is 151 Å². The lowest BCUT2D eigenvalue weighted by molar-refractivity contribution is 0.112. The number of sulfonamides is 1. The summed E-state index contributed by atoms with van der Waals surface area (Å²) in [7, 11) is -3.54. The van der Waals surface area contributed by atoms with E-state index in [1.54, 1.807) is 36.7 Å². The van der Waals surface area contributed by atoms with E-state index in [1.807, 2.05) is 6.07 Å². The first-order chi connectivity index (χ1) is 12.6. The molecule has 0 radical (unpaired) electrons. The molecule has 3 aromatic rings. The van der Waals surface area contributed by atoms with Gasteiger partial charge in [-0.3, -0.25) is 9.78 Å². The number of nitrogens with zero attached hydrogens (tertiary/aromatic N) is 2. The molecule has 2 aromatic heterocycles. The van der Waals surface area contributed by atoms with Crippen LogP contribution in [-0.4, -0.2) is 42.1 Å². The smallest absolute Gasteiger partial charge is 0.243 e. The van der Waals surface area contributed by atoms with Gasteiger partial charge >= 0.3 is 0 Å². The Morgan fingerprint density at radius 1 is 1.12 bits per heavy atom. The second-order valence-corrected chi connectivity index (χ2v) is 8.38. The molecular formula is C19H19N3O3S. The van der Waals surface area contributed by atoms with Gasteiger partial charge in [0.2, 0.25) is 10.0 Å². The highest BCUT2D eigenvalue weighted by Crippen LogP contribution is 2.31. The zero-order chi connectivity index (χ0) is 18.1. The van der Waals surface area contributed by atoms with E-state index >= 15 is 0 Å². The number of pyridine rings is 1. The molecule has 6 nitrogen and oxygen atoms in total. The molecule has 26 heavy (non-hydrogen) atoms. The molecular weight excluding hydrogens is 350 g/mol. The summed E-state index contributed by atoms with van der Waals surface area (Å²) in [6.07, 6.45) is 6.93. The summed E-state index contributed by atoms with van der Waals surface area (Å²) in [6, 6.07) is 8.57. The molecule has 1 aromatic carbocycles. The first-order valence-corrected chi connectivity index (χ1v) is 10.1. The van der Waals surface area contributed by atoms with E-state index in [0.717, 1.165) is 36.6 Å². The molecule has 3 heterocycles. The fraction of sp³-hybridized carbons (Fsp3) is 0.263. The number of carbonyl (C=O) groups is 1. The number of hydrogen-bond acceptors (Lipinski definition) is 4. The number of piperidine rings is 1. The van der Waals surface area contributed by atoms with Crippen molar-refractivity contribution in [2.45, 2.75) is 24.2 Å². The molecule has 0 atom stereocenters. The topological polar surface area (TPSA) is 83.1 Å². The van der Waals surface area contributed by atoms with Crippen molar-refractivity contribution in [3.05, 3.63) is 48.3 Å². The molecule has 0 saturated carbocycles. The zero-order valence-electron chi connectivity index (χ0n) is 14.2. The third kappa shape index (κ3) is 2.83. The molecule has 1 N–H and O–H groups in total. The van der Waals surface area contributed by atoms with Gasteiger partial charge in [-0.1, -0.05) is 6.42 Å². The number of aromatic amines is 1. The molecule has 1 saturated heterocycles. The first kappa shape index (κ1) is 16.9. The molecule has 1 aliphatic rings. The first-order valence-electron chi connectivity index (χ1n) is 8.63. The lowest BCUT2D eigenvalue weighted by Crippen LogP contribution is -2.35. The summed E-state index contributed by atoms with van der Waals surface area (Å²) >= 11 is 0. The van der Waals surface area contributed by atoms with Crippen molar-refractivity contribution in [2.24, 2.45) is 0 Å². The van der Waals surface area contributed by atoms with Crippen LogP contribution in [0.4, 0.5) is 0 Å². The van der Waals surface area contributed by atoms with Gasteiger partial charge in [-0.25, -0.2) is 8.42 Å². The Morgan fingerprint density at radius 3 is 2.62 bits per heavy atom. The predicted octanol–water partition coefficient (Wildman–Crippen LogP) is 3.22. The average molecular weight is 369 g/mol. The minimum absolute atomic E-state index is 0.228. The Kier molecular flexibility index (Phi) is 4.34. The summed E-state index contributed by atoms with van der Waals surface area (Å²) in [5.74, 6) is 0. The highest BCUT2D eigenvalue weighted by molar-refractivity contribution is 7.89. The molecule has 1 fully saturated rings. The molecule has 7 heteroatoms. The number of carbonyl (C=O) groups excluding carboxylic acids is 1. The van der Waals surface area contributed by atoms with E-state index < -0.39 is 10.0 Å². The zero-order valence-corrected chi connectivity index (χ0v) is 15.0. The van der Waals surface area contributed by atoms with Crippen molar-refractivity contribution in [1.29, 1.82) is 0 Å². The van der Waals surface area contributed by atoms with Crippen molar-refractivity contribution < 1.29 is 13.2 Å².